The number of hydrogen-bond acceptors (Lipinski definition) is 4. The summed E-state index contributed by atoms with van der Waals surface area (Å²) in [5, 5.41) is 4.36. The van der Waals surface area contributed by atoms with Crippen molar-refractivity contribution in [2.24, 2.45) is 0 Å². The van der Waals surface area contributed by atoms with Crippen LogP contribution in [-0.4, -0.2) is 17.0 Å². The number of pyridine rings is 1. The van der Waals surface area contributed by atoms with Crippen molar-refractivity contribution in [2.45, 2.75) is 32.2 Å². The van der Waals surface area contributed by atoms with Gasteiger partial charge in [-0.1, -0.05) is 0 Å². The number of nitrogens with zero attached hydrogens (tertiary/aromatic N) is 2. The number of rotatable bonds is 4. The van der Waals surface area contributed by atoms with E-state index in [1.807, 2.05) is 25.5 Å². The summed E-state index contributed by atoms with van der Waals surface area (Å²) >= 11 is 1.81. The lowest BCUT2D eigenvalue weighted by atomic mass is 10.2. The van der Waals surface area contributed by atoms with Crippen molar-refractivity contribution in [3.05, 3.63) is 34.6 Å². The number of thiazole rings is 1. The average molecular weight is 259 g/mol. The average Bonchev–Trinajstić information content (AvgIpc) is 3.13. The van der Waals surface area contributed by atoms with E-state index in [0.717, 1.165) is 11.6 Å². The van der Waals surface area contributed by atoms with Gasteiger partial charge in [0.2, 0.25) is 0 Å². The normalized spacial score (nSPS) is 15.0. The molecule has 0 aromatic carbocycles. The van der Waals surface area contributed by atoms with Crippen molar-refractivity contribution < 1.29 is 0 Å². The highest BCUT2D eigenvalue weighted by atomic mass is 32.1. The van der Waals surface area contributed by atoms with E-state index in [2.05, 4.69) is 17.2 Å². The van der Waals surface area contributed by atoms with Gasteiger partial charge in [0.25, 0.3) is 0 Å². The van der Waals surface area contributed by atoms with Crippen LogP contribution in [0.1, 0.15) is 34.9 Å². The molecule has 1 saturated carbocycles. The van der Waals surface area contributed by atoms with Crippen LogP contribution in [-0.2, 0) is 6.54 Å². The molecule has 2 aromatic rings. The molecule has 2 heterocycles. The molecule has 1 N–H and O–H groups in total. The number of aryl methyl sites for hydroxylation is 1. The summed E-state index contributed by atoms with van der Waals surface area (Å²) in [5.74, 6) is 0.704. The van der Waals surface area contributed by atoms with Crippen LogP contribution in [0, 0.1) is 6.92 Å². The summed E-state index contributed by atoms with van der Waals surface area (Å²) in [6.07, 6.45) is 6.36. The van der Waals surface area contributed by atoms with Gasteiger partial charge in [-0.05, 0) is 38.4 Å². The standard InChI is InChI=1S/C14H17N3S/c1-9-5-6-16-7-11(9)14-17-13(10-3-4-10)12(18-14)8-15-2/h5-7,10,15H,3-4,8H2,1-2H3. The number of hydrogen-bond donors (Lipinski definition) is 1. The van der Waals surface area contributed by atoms with Gasteiger partial charge in [-0.2, -0.15) is 0 Å². The lowest BCUT2D eigenvalue weighted by molar-refractivity contribution is 0.813. The van der Waals surface area contributed by atoms with Gasteiger partial charge in [0.05, 0.1) is 5.69 Å². The van der Waals surface area contributed by atoms with Gasteiger partial charge in [0.15, 0.2) is 0 Å². The molecule has 0 bridgehead atoms. The van der Waals surface area contributed by atoms with Crippen LogP contribution < -0.4 is 5.32 Å². The van der Waals surface area contributed by atoms with Gasteiger partial charge in [0, 0.05) is 35.3 Å². The molecule has 0 saturated heterocycles. The second kappa shape index (κ2) is 4.78. The van der Waals surface area contributed by atoms with Crippen molar-refractivity contribution in [1.82, 2.24) is 15.3 Å². The summed E-state index contributed by atoms with van der Waals surface area (Å²) in [6.45, 7) is 3.04. The van der Waals surface area contributed by atoms with Crippen molar-refractivity contribution in [3.63, 3.8) is 0 Å². The third-order valence-electron chi connectivity index (χ3n) is 3.30. The van der Waals surface area contributed by atoms with Crippen LogP contribution in [0.15, 0.2) is 18.5 Å². The molecule has 4 heteroatoms. The fourth-order valence-electron chi connectivity index (χ4n) is 2.13. The third-order valence-corrected chi connectivity index (χ3v) is 4.40. The molecule has 3 nitrogen and oxygen atoms in total. The van der Waals surface area contributed by atoms with E-state index in [9.17, 15) is 0 Å². The molecule has 3 rings (SSSR count). The Hall–Kier alpha value is -1.26. The molecule has 18 heavy (non-hydrogen) atoms. The van der Waals surface area contributed by atoms with Crippen molar-refractivity contribution in [2.75, 3.05) is 7.05 Å². The molecule has 1 aliphatic rings. The van der Waals surface area contributed by atoms with Gasteiger partial charge in [0.1, 0.15) is 5.01 Å². The van der Waals surface area contributed by atoms with Gasteiger partial charge < -0.3 is 5.32 Å². The van der Waals surface area contributed by atoms with Gasteiger partial charge in [-0.3, -0.25) is 4.98 Å². The Balaban J connectivity index is 2.02. The Morgan fingerprint density at radius 2 is 2.28 bits per heavy atom. The van der Waals surface area contributed by atoms with Crippen molar-refractivity contribution in [3.8, 4) is 10.6 Å². The summed E-state index contributed by atoms with van der Waals surface area (Å²) in [7, 11) is 1.99. The fraction of sp³-hybridized carbons (Fsp3) is 0.429. The summed E-state index contributed by atoms with van der Waals surface area (Å²) in [5.41, 5.74) is 3.73. The lowest BCUT2D eigenvalue weighted by Gasteiger charge is -1.99. The van der Waals surface area contributed by atoms with Crippen LogP contribution in [0.4, 0.5) is 0 Å². The predicted octanol–water partition coefficient (Wildman–Crippen LogP) is 3.11. The number of nitrogens with one attached hydrogen (secondary N) is 1. The maximum atomic E-state index is 4.86. The molecular formula is C14H17N3S. The third kappa shape index (κ3) is 2.18. The van der Waals surface area contributed by atoms with Gasteiger partial charge >= 0.3 is 0 Å². The Bertz CT molecular complexity index is 558. The van der Waals surface area contributed by atoms with Crippen LogP contribution in [0.2, 0.25) is 0 Å². The van der Waals surface area contributed by atoms with E-state index < -0.39 is 0 Å². The van der Waals surface area contributed by atoms with Crippen LogP contribution in [0.25, 0.3) is 10.6 Å². The van der Waals surface area contributed by atoms with E-state index in [-0.39, 0.29) is 0 Å². The number of aromatic nitrogens is 2. The first-order chi connectivity index (χ1) is 8.79. The molecule has 0 atom stereocenters. The Labute approximate surface area is 111 Å². The van der Waals surface area contributed by atoms with E-state index >= 15 is 0 Å². The molecule has 0 amide bonds. The summed E-state index contributed by atoms with van der Waals surface area (Å²) in [6, 6.07) is 2.05. The monoisotopic (exact) mass is 259 g/mol. The Kier molecular flexibility index (Phi) is 3.14. The Morgan fingerprint density at radius 3 is 2.94 bits per heavy atom. The first-order valence-electron chi connectivity index (χ1n) is 6.34. The van der Waals surface area contributed by atoms with E-state index in [1.165, 1.54) is 34.5 Å². The van der Waals surface area contributed by atoms with Crippen molar-refractivity contribution in [1.29, 1.82) is 0 Å². The molecular weight excluding hydrogens is 242 g/mol. The quantitative estimate of drug-likeness (QED) is 0.916. The minimum atomic E-state index is 0.704. The summed E-state index contributed by atoms with van der Waals surface area (Å²) < 4.78 is 0. The molecule has 1 aliphatic carbocycles. The summed E-state index contributed by atoms with van der Waals surface area (Å²) in [4.78, 5) is 10.5. The maximum Gasteiger partial charge on any atom is 0.125 e. The van der Waals surface area contributed by atoms with Crippen LogP contribution >= 0.6 is 11.3 Å². The molecule has 1 fully saturated rings. The predicted molar refractivity (Wildman–Crippen MR) is 74.8 cm³/mol. The van der Waals surface area contributed by atoms with Crippen molar-refractivity contribution >= 4 is 11.3 Å². The molecule has 0 aliphatic heterocycles. The Morgan fingerprint density at radius 1 is 1.44 bits per heavy atom. The highest BCUT2D eigenvalue weighted by Gasteiger charge is 2.29. The molecule has 2 aromatic heterocycles. The van der Waals surface area contributed by atoms with Crippen LogP contribution in [0.3, 0.4) is 0 Å². The lowest BCUT2D eigenvalue weighted by Crippen LogP contribution is -2.05. The zero-order valence-corrected chi connectivity index (χ0v) is 11.5. The SMILES string of the molecule is CNCc1sc(-c2cnccc2C)nc1C1CC1. The minimum absolute atomic E-state index is 0.704. The second-order valence-electron chi connectivity index (χ2n) is 4.82. The zero-order valence-electron chi connectivity index (χ0n) is 10.7. The molecule has 0 unspecified atom stereocenters. The first kappa shape index (κ1) is 11.8. The highest BCUT2D eigenvalue weighted by molar-refractivity contribution is 7.15. The van der Waals surface area contributed by atoms with E-state index in [0.29, 0.717) is 5.92 Å². The molecule has 0 radical (unpaired) electrons. The smallest absolute Gasteiger partial charge is 0.125 e. The topological polar surface area (TPSA) is 37.8 Å². The minimum Gasteiger partial charge on any atom is -0.315 e. The first-order valence-corrected chi connectivity index (χ1v) is 7.16. The second-order valence-corrected chi connectivity index (χ2v) is 5.91. The molecule has 0 spiro atoms. The highest BCUT2D eigenvalue weighted by Crippen LogP contribution is 2.44. The van der Waals surface area contributed by atoms with Gasteiger partial charge in [-0.25, -0.2) is 4.98 Å². The molecule has 94 valence electrons. The van der Waals surface area contributed by atoms with E-state index in [1.54, 1.807) is 11.3 Å². The van der Waals surface area contributed by atoms with E-state index in [4.69, 9.17) is 4.98 Å². The van der Waals surface area contributed by atoms with Gasteiger partial charge in [-0.15, -0.1) is 11.3 Å². The maximum absolute atomic E-state index is 4.86. The largest absolute Gasteiger partial charge is 0.315 e. The fourth-order valence-corrected chi connectivity index (χ4v) is 3.36. The zero-order chi connectivity index (χ0) is 12.5. The van der Waals surface area contributed by atoms with Crippen LogP contribution in [0.5, 0.6) is 0 Å².